The second kappa shape index (κ2) is 4.14. The van der Waals surface area contributed by atoms with Gasteiger partial charge in [-0.25, -0.2) is 0 Å². The quantitative estimate of drug-likeness (QED) is 0.489. The van der Waals surface area contributed by atoms with Crippen molar-refractivity contribution < 1.29 is 5.11 Å². The molecule has 0 amide bonds. The van der Waals surface area contributed by atoms with Crippen LogP contribution in [0.15, 0.2) is 18.2 Å². The maximum absolute atomic E-state index is 9.10. The normalized spacial score (nSPS) is 12.5. The van der Waals surface area contributed by atoms with E-state index < -0.39 is 6.23 Å². The Kier molecular flexibility index (Phi) is 3.14. The van der Waals surface area contributed by atoms with Gasteiger partial charge in [-0.05, 0) is 37.1 Å². The summed E-state index contributed by atoms with van der Waals surface area (Å²) < 4.78 is 0. The van der Waals surface area contributed by atoms with Crippen molar-refractivity contribution in [3.63, 3.8) is 0 Å². The molecule has 72 valence electrons. The zero-order valence-electron chi connectivity index (χ0n) is 8.04. The third kappa shape index (κ3) is 2.63. The molecule has 0 aliphatic rings. The van der Waals surface area contributed by atoms with Gasteiger partial charge in [0, 0.05) is 11.4 Å². The number of hydrogen-bond donors (Lipinski definition) is 3. The first-order valence-electron chi connectivity index (χ1n) is 4.46. The van der Waals surface area contributed by atoms with Crippen LogP contribution in [-0.2, 0) is 6.42 Å². The van der Waals surface area contributed by atoms with E-state index in [1.54, 1.807) is 6.92 Å². The van der Waals surface area contributed by atoms with Crippen LogP contribution in [0.2, 0.25) is 0 Å². The van der Waals surface area contributed by atoms with Crippen LogP contribution in [0.1, 0.15) is 19.4 Å². The van der Waals surface area contributed by atoms with Gasteiger partial charge in [0.2, 0.25) is 0 Å². The molecule has 4 N–H and O–H groups in total. The van der Waals surface area contributed by atoms with Gasteiger partial charge < -0.3 is 16.2 Å². The molecule has 3 nitrogen and oxygen atoms in total. The average Bonchev–Trinajstić information content (AvgIpc) is 2.07. The van der Waals surface area contributed by atoms with Gasteiger partial charge >= 0.3 is 0 Å². The zero-order chi connectivity index (χ0) is 9.84. The molecule has 13 heavy (non-hydrogen) atoms. The summed E-state index contributed by atoms with van der Waals surface area (Å²) in [6, 6.07) is 5.67. The minimum absolute atomic E-state index is 0.534. The predicted molar refractivity (Wildman–Crippen MR) is 55.5 cm³/mol. The molecule has 0 radical (unpaired) electrons. The molecule has 1 rings (SSSR count). The molecule has 0 fully saturated rings. The molecular weight excluding hydrogens is 164 g/mol. The van der Waals surface area contributed by atoms with E-state index in [1.807, 2.05) is 18.2 Å². The van der Waals surface area contributed by atoms with E-state index in [0.29, 0.717) is 0 Å². The molecule has 0 spiro atoms. The van der Waals surface area contributed by atoms with Gasteiger partial charge in [-0.3, -0.25) is 0 Å². The van der Waals surface area contributed by atoms with E-state index in [2.05, 4.69) is 12.2 Å². The Balaban J connectivity index is 2.86. The first-order valence-corrected chi connectivity index (χ1v) is 4.46. The van der Waals surface area contributed by atoms with E-state index in [-0.39, 0.29) is 0 Å². The Morgan fingerprint density at radius 3 is 2.77 bits per heavy atom. The summed E-state index contributed by atoms with van der Waals surface area (Å²) in [7, 11) is 0. The maximum Gasteiger partial charge on any atom is 0.121 e. The van der Waals surface area contributed by atoms with Crippen LogP contribution >= 0.6 is 0 Å². The number of nitrogens with two attached hydrogens (primary N) is 1. The van der Waals surface area contributed by atoms with E-state index in [4.69, 9.17) is 10.8 Å². The Morgan fingerprint density at radius 1 is 1.54 bits per heavy atom. The largest absolute Gasteiger partial charge is 0.399 e. The van der Waals surface area contributed by atoms with Crippen LogP contribution in [0, 0.1) is 0 Å². The Labute approximate surface area is 78.6 Å². The number of hydrogen-bond acceptors (Lipinski definition) is 3. The van der Waals surface area contributed by atoms with Crippen LogP contribution in [0.3, 0.4) is 0 Å². The number of aryl methyl sites for hydroxylation is 1. The number of rotatable bonds is 3. The Bertz CT molecular complexity index is 284. The lowest BCUT2D eigenvalue weighted by Crippen LogP contribution is -2.13. The molecular formula is C10H16N2O. The van der Waals surface area contributed by atoms with E-state index in [9.17, 15) is 0 Å². The van der Waals surface area contributed by atoms with Crippen molar-refractivity contribution in [1.82, 2.24) is 0 Å². The standard InChI is InChI=1S/C10H16N2O/c1-3-8-6-9(12-7(2)13)4-5-10(8)11/h4-7,12-13H,3,11H2,1-2H3. The highest BCUT2D eigenvalue weighted by Crippen LogP contribution is 2.18. The second-order valence-corrected chi connectivity index (χ2v) is 3.09. The molecule has 0 bridgehead atoms. The topological polar surface area (TPSA) is 58.3 Å². The van der Waals surface area contributed by atoms with Crippen LogP contribution in [0.25, 0.3) is 0 Å². The summed E-state index contributed by atoms with van der Waals surface area (Å²) in [4.78, 5) is 0. The highest BCUT2D eigenvalue weighted by atomic mass is 16.3. The fraction of sp³-hybridized carbons (Fsp3) is 0.400. The summed E-state index contributed by atoms with van der Waals surface area (Å²) in [5.74, 6) is 0. The lowest BCUT2D eigenvalue weighted by atomic mass is 10.1. The smallest absolute Gasteiger partial charge is 0.121 e. The molecule has 1 unspecified atom stereocenters. The van der Waals surface area contributed by atoms with Crippen molar-refractivity contribution in [2.24, 2.45) is 0 Å². The minimum Gasteiger partial charge on any atom is -0.399 e. The Hall–Kier alpha value is -1.22. The number of anilines is 2. The van der Waals surface area contributed by atoms with Gasteiger partial charge in [-0.2, -0.15) is 0 Å². The molecule has 0 aliphatic heterocycles. The highest BCUT2D eigenvalue weighted by Gasteiger charge is 2.00. The second-order valence-electron chi connectivity index (χ2n) is 3.09. The molecule has 3 heteroatoms. The molecule has 0 aromatic heterocycles. The number of nitrogens with one attached hydrogen (secondary N) is 1. The van der Waals surface area contributed by atoms with Crippen LogP contribution in [0.5, 0.6) is 0 Å². The molecule has 0 saturated carbocycles. The summed E-state index contributed by atoms with van der Waals surface area (Å²) in [6.45, 7) is 3.74. The van der Waals surface area contributed by atoms with Gasteiger partial charge in [0.1, 0.15) is 6.23 Å². The summed E-state index contributed by atoms with van der Waals surface area (Å²) >= 11 is 0. The molecule has 1 aromatic rings. The average molecular weight is 180 g/mol. The number of benzene rings is 1. The number of nitrogen functional groups attached to an aromatic ring is 1. The SMILES string of the molecule is CCc1cc(NC(C)O)ccc1N. The van der Waals surface area contributed by atoms with Crippen molar-refractivity contribution in [2.45, 2.75) is 26.5 Å². The lowest BCUT2D eigenvalue weighted by molar-refractivity contribution is 0.224. The van der Waals surface area contributed by atoms with E-state index in [0.717, 1.165) is 23.4 Å². The van der Waals surface area contributed by atoms with Gasteiger partial charge in [0.15, 0.2) is 0 Å². The van der Waals surface area contributed by atoms with Gasteiger partial charge in [-0.1, -0.05) is 6.92 Å². The summed E-state index contributed by atoms with van der Waals surface area (Å²) in [5, 5.41) is 12.0. The number of aliphatic hydroxyl groups excluding tert-OH is 1. The van der Waals surface area contributed by atoms with Gasteiger partial charge in [0.25, 0.3) is 0 Å². The predicted octanol–water partition coefficient (Wildman–Crippen LogP) is 1.58. The van der Waals surface area contributed by atoms with Crippen molar-refractivity contribution in [3.05, 3.63) is 23.8 Å². The van der Waals surface area contributed by atoms with Gasteiger partial charge in [0.05, 0.1) is 0 Å². The summed E-state index contributed by atoms with van der Waals surface area (Å²) in [6.07, 6.45) is 0.370. The zero-order valence-corrected chi connectivity index (χ0v) is 8.04. The van der Waals surface area contributed by atoms with E-state index >= 15 is 0 Å². The molecule has 0 aliphatic carbocycles. The van der Waals surface area contributed by atoms with Crippen molar-refractivity contribution >= 4 is 11.4 Å². The number of aliphatic hydroxyl groups is 1. The van der Waals surface area contributed by atoms with Crippen molar-refractivity contribution in [1.29, 1.82) is 0 Å². The van der Waals surface area contributed by atoms with Crippen LogP contribution in [-0.4, -0.2) is 11.3 Å². The van der Waals surface area contributed by atoms with Crippen molar-refractivity contribution in [3.8, 4) is 0 Å². The first kappa shape index (κ1) is 9.86. The molecule has 1 atom stereocenters. The highest BCUT2D eigenvalue weighted by molar-refractivity contribution is 5.57. The summed E-state index contributed by atoms with van der Waals surface area (Å²) in [5.41, 5.74) is 8.55. The maximum atomic E-state index is 9.10. The van der Waals surface area contributed by atoms with E-state index in [1.165, 1.54) is 0 Å². The monoisotopic (exact) mass is 180 g/mol. The van der Waals surface area contributed by atoms with Crippen LogP contribution < -0.4 is 11.1 Å². The lowest BCUT2D eigenvalue weighted by Gasteiger charge is -2.11. The third-order valence-corrected chi connectivity index (χ3v) is 1.90. The fourth-order valence-electron chi connectivity index (χ4n) is 1.24. The minimum atomic E-state index is -0.534. The van der Waals surface area contributed by atoms with Crippen LogP contribution in [0.4, 0.5) is 11.4 Å². The Morgan fingerprint density at radius 2 is 2.23 bits per heavy atom. The molecule has 0 heterocycles. The van der Waals surface area contributed by atoms with Crippen molar-refractivity contribution in [2.75, 3.05) is 11.1 Å². The van der Waals surface area contributed by atoms with Gasteiger partial charge in [-0.15, -0.1) is 0 Å². The fourth-order valence-corrected chi connectivity index (χ4v) is 1.24. The molecule has 0 saturated heterocycles. The first-order chi connectivity index (χ1) is 6.13. The third-order valence-electron chi connectivity index (χ3n) is 1.90. The molecule has 1 aromatic carbocycles.